The summed E-state index contributed by atoms with van der Waals surface area (Å²) in [4.78, 5) is 14.9. The van der Waals surface area contributed by atoms with Crippen molar-refractivity contribution >= 4 is 40.8 Å². The molecule has 1 spiro atoms. The molecule has 0 amide bonds. The molecular formula is C18H14Cl2N2O3. The van der Waals surface area contributed by atoms with Crippen LogP contribution in [0.3, 0.4) is 0 Å². The number of non-ortho nitro benzene ring substituents is 1. The zero-order valence-electron chi connectivity index (χ0n) is 13.4. The zero-order chi connectivity index (χ0) is 17.8. The first-order valence-corrected chi connectivity index (χ1v) is 8.67. The molecule has 0 unspecified atom stereocenters. The van der Waals surface area contributed by atoms with Crippen molar-refractivity contribution in [2.45, 2.75) is 31.6 Å². The minimum atomic E-state index is -0.542. The maximum Gasteiger partial charge on any atom is 0.272 e. The van der Waals surface area contributed by atoms with E-state index in [0.29, 0.717) is 5.75 Å². The third-order valence-corrected chi connectivity index (χ3v) is 5.56. The number of fused-ring (bicyclic) bond motifs is 2. The van der Waals surface area contributed by atoms with Crippen LogP contribution in [0.4, 0.5) is 11.4 Å². The van der Waals surface area contributed by atoms with Crippen molar-refractivity contribution < 1.29 is 9.66 Å². The van der Waals surface area contributed by atoms with Gasteiger partial charge in [0.05, 0.1) is 20.7 Å². The van der Waals surface area contributed by atoms with Crippen LogP contribution in [0.25, 0.3) is 0 Å². The van der Waals surface area contributed by atoms with E-state index in [2.05, 4.69) is 4.99 Å². The summed E-state index contributed by atoms with van der Waals surface area (Å²) in [6.07, 6.45) is 5.42. The Labute approximate surface area is 154 Å². The number of halogens is 2. The van der Waals surface area contributed by atoms with Crippen LogP contribution in [0, 0.1) is 17.0 Å². The van der Waals surface area contributed by atoms with Gasteiger partial charge in [0.25, 0.3) is 5.69 Å². The highest BCUT2D eigenvalue weighted by molar-refractivity contribution is 6.37. The van der Waals surface area contributed by atoms with E-state index in [1.54, 1.807) is 0 Å². The molecule has 5 nitrogen and oxygen atoms in total. The van der Waals surface area contributed by atoms with Crippen LogP contribution in [0.2, 0.25) is 10.0 Å². The number of rotatable bonds is 3. The Kier molecular flexibility index (Phi) is 3.74. The molecule has 128 valence electrons. The molecule has 0 radical (unpaired) electrons. The van der Waals surface area contributed by atoms with Crippen LogP contribution in [0.5, 0.6) is 11.5 Å². The lowest BCUT2D eigenvalue weighted by atomic mass is 9.65. The monoisotopic (exact) mass is 376 g/mol. The van der Waals surface area contributed by atoms with Gasteiger partial charge < -0.3 is 4.74 Å². The number of benzene rings is 2. The second-order valence-corrected chi connectivity index (χ2v) is 7.26. The summed E-state index contributed by atoms with van der Waals surface area (Å²) >= 11 is 12.3. The van der Waals surface area contributed by atoms with E-state index in [-0.39, 0.29) is 26.9 Å². The normalized spacial score (nSPS) is 16.6. The first-order chi connectivity index (χ1) is 11.9. The third-order valence-electron chi connectivity index (χ3n) is 4.99. The zero-order valence-corrected chi connectivity index (χ0v) is 14.9. The predicted molar refractivity (Wildman–Crippen MR) is 98.1 cm³/mol. The van der Waals surface area contributed by atoms with Gasteiger partial charge >= 0.3 is 0 Å². The standard InChI is InChI=1S/C18H14Cl2N2O3/c1-10-15(4-3-14-16(10)18(9-21-14)5-2-6-18)25-17-12(19)7-11(22(23)24)8-13(17)20/h3-4,7-9H,2,5-6H2,1H3. The predicted octanol–water partition coefficient (Wildman–Crippen LogP) is 6.14. The van der Waals surface area contributed by atoms with E-state index < -0.39 is 4.92 Å². The number of ether oxygens (including phenoxy) is 1. The van der Waals surface area contributed by atoms with E-state index >= 15 is 0 Å². The lowest BCUT2D eigenvalue weighted by Gasteiger charge is -2.37. The Morgan fingerprint density at radius 3 is 2.48 bits per heavy atom. The average molecular weight is 377 g/mol. The summed E-state index contributed by atoms with van der Waals surface area (Å²) in [7, 11) is 0. The lowest BCUT2D eigenvalue weighted by Crippen LogP contribution is -2.34. The molecule has 1 aliphatic carbocycles. The van der Waals surface area contributed by atoms with Crippen molar-refractivity contribution in [3.63, 3.8) is 0 Å². The fourth-order valence-electron chi connectivity index (χ4n) is 3.58. The van der Waals surface area contributed by atoms with Gasteiger partial charge in [-0.3, -0.25) is 15.1 Å². The highest BCUT2D eigenvalue weighted by atomic mass is 35.5. The Bertz CT molecular complexity index is 913. The molecule has 0 N–H and O–H groups in total. The molecule has 2 aliphatic rings. The minimum Gasteiger partial charge on any atom is -0.454 e. The molecule has 1 aliphatic heterocycles. The highest BCUT2D eigenvalue weighted by Crippen LogP contribution is 2.53. The van der Waals surface area contributed by atoms with Gasteiger partial charge in [0.2, 0.25) is 0 Å². The maximum atomic E-state index is 10.9. The molecule has 2 aromatic carbocycles. The lowest BCUT2D eigenvalue weighted by molar-refractivity contribution is -0.384. The third kappa shape index (κ3) is 2.50. The Morgan fingerprint density at radius 2 is 1.92 bits per heavy atom. The van der Waals surface area contributed by atoms with Crippen molar-refractivity contribution in [2.24, 2.45) is 4.99 Å². The maximum absolute atomic E-state index is 10.9. The fraction of sp³-hybridized carbons (Fsp3) is 0.278. The minimum absolute atomic E-state index is 0.0296. The van der Waals surface area contributed by atoms with Crippen LogP contribution >= 0.6 is 23.2 Å². The van der Waals surface area contributed by atoms with Gasteiger partial charge in [0, 0.05) is 23.8 Å². The molecule has 0 atom stereocenters. The highest BCUT2D eigenvalue weighted by Gasteiger charge is 2.43. The summed E-state index contributed by atoms with van der Waals surface area (Å²) in [6.45, 7) is 2.00. The van der Waals surface area contributed by atoms with Crippen molar-refractivity contribution in [2.75, 3.05) is 0 Å². The number of hydrogen-bond donors (Lipinski definition) is 0. The van der Waals surface area contributed by atoms with E-state index in [9.17, 15) is 10.1 Å². The Balaban J connectivity index is 1.74. The summed E-state index contributed by atoms with van der Waals surface area (Å²) in [5, 5.41) is 11.1. The van der Waals surface area contributed by atoms with Crippen LogP contribution < -0.4 is 4.74 Å². The summed E-state index contributed by atoms with van der Waals surface area (Å²) < 4.78 is 5.95. The van der Waals surface area contributed by atoms with E-state index in [1.807, 2.05) is 25.3 Å². The summed E-state index contributed by atoms with van der Waals surface area (Å²) in [5.41, 5.74) is 3.04. The second kappa shape index (κ2) is 5.71. The van der Waals surface area contributed by atoms with E-state index in [1.165, 1.54) is 24.1 Å². The van der Waals surface area contributed by atoms with Crippen LogP contribution in [0.15, 0.2) is 29.3 Å². The van der Waals surface area contributed by atoms with Gasteiger partial charge in [-0.2, -0.15) is 0 Å². The topological polar surface area (TPSA) is 64.7 Å². The van der Waals surface area contributed by atoms with Gasteiger partial charge in [-0.25, -0.2) is 0 Å². The van der Waals surface area contributed by atoms with Gasteiger partial charge in [0.1, 0.15) is 5.75 Å². The van der Waals surface area contributed by atoms with Crippen molar-refractivity contribution in [1.82, 2.24) is 0 Å². The van der Waals surface area contributed by atoms with Gasteiger partial charge in [-0.1, -0.05) is 29.6 Å². The molecule has 4 rings (SSSR count). The fourth-order valence-corrected chi connectivity index (χ4v) is 4.13. The van der Waals surface area contributed by atoms with Gasteiger partial charge in [-0.05, 0) is 43.0 Å². The van der Waals surface area contributed by atoms with Crippen molar-refractivity contribution in [3.05, 3.63) is 55.6 Å². The average Bonchev–Trinajstić information content (AvgIpc) is 2.93. The van der Waals surface area contributed by atoms with Crippen molar-refractivity contribution in [3.8, 4) is 11.5 Å². The van der Waals surface area contributed by atoms with Crippen LogP contribution in [-0.2, 0) is 5.41 Å². The van der Waals surface area contributed by atoms with Crippen LogP contribution in [-0.4, -0.2) is 11.1 Å². The first kappa shape index (κ1) is 16.4. The largest absolute Gasteiger partial charge is 0.454 e. The summed E-state index contributed by atoms with van der Waals surface area (Å²) in [6, 6.07) is 6.23. The molecule has 0 aromatic heterocycles. The SMILES string of the molecule is Cc1c(Oc2c(Cl)cc([N+](=O)[O-])cc2Cl)ccc2c1C1(C=N2)CCC1. The molecule has 2 aromatic rings. The molecule has 0 saturated heterocycles. The quantitative estimate of drug-likeness (QED) is 0.477. The number of hydrogen-bond acceptors (Lipinski definition) is 4. The first-order valence-electron chi connectivity index (χ1n) is 7.92. The molecule has 1 saturated carbocycles. The Morgan fingerprint density at radius 1 is 1.24 bits per heavy atom. The number of nitro benzene ring substituents is 1. The van der Waals surface area contributed by atoms with Crippen LogP contribution in [0.1, 0.15) is 30.4 Å². The van der Waals surface area contributed by atoms with E-state index in [0.717, 1.165) is 24.1 Å². The number of nitro groups is 1. The van der Waals surface area contributed by atoms with E-state index in [4.69, 9.17) is 27.9 Å². The molecular weight excluding hydrogens is 363 g/mol. The number of nitrogens with zero attached hydrogens (tertiary/aromatic N) is 2. The van der Waals surface area contributed by atoms with Gasteiger partial charge in [-0.15, -0.1) is 0 Å². The molecule has 1 heterocycles. The van der Waals surface area contributed by atoms with Gasteiger partial charge in [0.15, 0.2) is 5.75 Å². The molecule has 1 fully saturated rings. The van der Waals surface area contributed by atoms with Crippen molar-refractivity contribution in [1.29, 1.82) is 0 Å². The second-order valence-electron chi connectivity index (χ2n) is 6.45. The number of aliphatic imine (C=N–C) groups is 1. The smallest absolute Gasteiger partial charge is 0.272 e. The Hall–Kier alpha value is -2.11. The molecule has 25 heavy (non-hydrogen) atoms. The summed E-state index contributed by atoms with van der Waals surface area (Å²) in [5.74, 6) is 0.853. The molecule has 7 heteroatoms. The molecule has 0 bridgehead atoms.